The number of hydrogen-bond donors (Lipinski definition) is 0. The van der Waals surface area contributed by atoms with Gasteiger partial charge < -0.3 is 19.8 Å². The molecule has 53 valence electrons. The summed E-state index contributed by atoms with van der Waals surface area (Å²) in [6, 6.07) is 0. The van der Waals surface area contributed by atoms with Crippen molar-refractivity contribution in [1.82, 2.24) is 0 Å². The average Bonchev–Trinajstić information content (AvgIpc) is 1.25. The van der Waals surface area contributed by atoms with Gasteiger partial charge >= 0.3 is 0 Å². The van der Waals surface area contributed by atoms with Crippen LogP contribution in [-0.2, 0) is 9.59 Å². The number of aliphatic carboxylic acids is 2. The molecule has 0 spiro atoms. The first-order chi connectivity index (χ1) is 3.46. The molecule has 0 aliphatic carbocycles. The Labute approximate surface area is 72.0 Å². The summed E-state index contributed by atoms with van der Waals surface area (Å²) in [7, 11) is 0. The van der Waals surface area contributed by atoms with Gasteiger partial charge in [-0.25, -0.2) is 0 Å². The number of carboxylic acid groups (broad SMARTS) is 2. The monoisotopic (exact) mass is 327 g/mol. The molecule has 3 radical (unpaired) electrons. The Morgan fingerprint density at radius 2 is 1.00 bits per heavy atom. The number of rotatable bonds is 0. The molecule has 4 nitrogen and oxygen atoms in total. The quantitative estimate of drug-likeness (QED) is 0.448. The number of carbonyl (C=O) groups is 2. The van der Waals surface area contributed by atoms with E-state index in [-0.39, 0.29) is 26.2 Å². The first-order valence-corrected chi connectivity index (χ1v) is 1.82. The third-order valence-electron chi connectivity index (χ3n) is 0. The summed E-state index contributed by atoms with van der Waals surface area (Å²) in [4.78, 5) is 17.8. The molecule has 0 N–H and O–H groups in total. The van der Waals surface area contributed by atoms with Gasteiger partial charge in [-0.05, 0) is 13.8 Å². The summed E-state index contributed by atoms with van der Waals surface area (Å²) in [5.41, 5.74) is 0. The van der Waals surface area contributed by atoms with E-state index in [1.165, 1.54) is 0 Å². The minimum atomic E-state index is -1.08. The molecule has 0 saturated carbocycles. The zero-order valence-electron chi connectivity index (χ0n) is 5.08. The van der Waals surface area contributed by atoms with E-state index in [0.717, 1.165) is 13.8 Å². The molecule has 0 fully saturated rings. The molecule has 0 bridgehead atoms. The fraction of sp³-hybridized carbons (Fsp3) is 0.500. The van der Waals surface area contributed by atoms with Crippen molar-refractivity contribution in [3.05, 3.63) is 0 Å². The molecule has 0 amide bonds. The SMILES string of the molecule is CC(=O)[O-].CC(=O)[O-].[Bi]. The van der Waals surface area contributed by atoms with Gasteiger partial charge in [0.15, 0.2) is 0 Å². The van der Waals surface area contributed by atoms with Crippen LogP contribution in [-0.4, -0.2) is 38.1 Å². The van der Waals surface area contributed by atoms with E-state index in [0.29, 0.717) is 0 Å². The first-order valence-electron chi connectivity index (χ1n) is 1.82. The van der Waals surface area contributed by atoms with Gasteiger partial charge in [0, 0.05) is 38.1 Å². The number of carbonyl (C=O) groups excluding carboxylic acids is 2. The van der Waals surface area contributed by atoms with Crippen molar-refractivity contribution in [3.8, 4) is 0 Å². The topological polar surface area (TPSA) is 80.3 Å². The molecule has 5 heteroatoms. The van der Waals surface area contributed by atoms with Gasteiger partial charge in [0.1, 0.15) is 0 Å². The Morgan fingerprint density at radius 3 is 1.00 bits per heavy atom. The third-order valence-corrected chi connectivity index (χ3v) is 0. The fourth-order valence-electron chi connectivity index (χ4n) is 0. The maximum Gasteiger partial charge on any atom is 0.0383 e. The minimum absolute atomic E-state index is 0. The second-order valence-corrected chi connectivity index (χ2v) is 0.983. The van der Waals surface area contributed by atoms with Gasteiger partial charge in [0.05, 0.1) is 0 Å². The van der Waals surface area contributed by atoms with Crippen LogP contribution in [0.15, 0.2) is 0 Å². The van der Waals surface area contributed by atoms with Crippen LogP contribution in [0.2, 0.25) is 0 Å². The Morgan fingerprint density at radius 1 is 1.00 bits per heavy atom. The van der Waals surface area contributed by atoms with E-state index in [9.17, 15) is 0 Å². The second kappa shape index (κ2) is 10.7. The standard InChI is InChI=1S/2C2H4O2.Bi/c2*1-2(3)4;/h2*1H3,(H,3,4);/p-2. The molecule has 0 aromatic rings. The van der Waals surface area contributed by atoms with Crippen molar-refractivity contribution in [3.63, 3.8) is 0 Å². The van der Waals surface area contributed by atoms with E-state index >= 15 is 0 Å². The molecule has 0 aliphatic rings. The van der Waals surface area contributed by atoms with E-state index in [1.807, 2.05) is 0 Å². The van der Waals surface area contributed by atoms with Crippen LogP contribution >= 0.6 is 0 Å². The summed E-state index contributed by atoms with van der Waals surface area (Å²) in [5.74, 6) is -2.17. The van der Waals surface area contributed by atoms with Gasteiger partial charge in [0.25, 0.3) is 0 Å². The van der Waals surface area contributed by atoms with Crippen LogP contribution in [0, 0.1) is 0 Å². The van der Waals surface area contributed by atoms with E-state index in [2.05, 4.69) is 0 Å². The Balaban J connectivity index is -0.0000000720. The maximum absolute atomic E-state index is 8.89. The summed E-state index contributed by atoms with van der Waals surface area (Å²) < 4.78 is 0. The molecule has 0 heterocycles. The van der Waals surface area contributed by atoms with Crippen molar-refractivity contribution >= 4 is 38.1 Å². The van der Waals surface area contributed by atoms with Crippen molar-refractivity contribution in [2.24, 2.45) is 0 Å². The predicted octanol–water partition coefficient (Wildman–Crippen LogP) is -2.87. The van der Waals surface area contributed by atoms with Gasteiger partial charge in [-0.2, -0.15) is 0 Å². The second-order valence-electron chi connectivity index (χ2n) is 0.983. The third kappa shape index (κ3) is 8480. The van der Waals surface area contributed by atoms with E-state index in [4.69, 9.17) is 19.8 Å². The van der Waals surface area contributed by atoms with Gasteiger partial charge in [-0.3, -0.25) is 0 Å². The molecular weight excluding hydrogens is 321 g/mol. The zero-order chi connectivity index (χ0) is 7.15. The van der Waals surface area contributed by atoms with Crippen LogP contribution in [0.4, 0.5) is 0 Å². The van der Waals surface area contributed by atoms with Crippen LogP contribution in [0.3, 0.4) is 0 Å². The molecular formula is C4H6BiO4-2. The number of carboxylic acids is 2. The van der Waals surface area contributed by atoms with Crippen molar-refractivity contribution in [2.75, 3.05) is 0 Å². The smallest absolute Gasteiger partial charge is 0.0383 e. The molecule has 0 aromatic carbocycles. The van der Waals surface area contributed by atoms with Crippen LogP contribution in [0.5, 0.6) is 0 Å². The normalized spacial score (nSPS) is 5.56. The van der Waals surface area contributed by atoms with Gasteiger partial charge in [-0.1, -0.05) is 0 Å². The minimum Gasteiger partial charge on any atom is -0.550 e. The Bertz CT molecular complexity index is 70.6. The molecule has 0 aromatic heterocycles. The summed E-state index contributed by atoms with van der Waals surface area (Å²) in [6.07, 6.45) is 0. The van der Waals surface area contributed by atoms with Gasteiger partial charge in [-0.15, -0.1) is 0 Å². The molecule has 0 aliphatic heterocycles. The first kappa shape index (κ1) is 15.9. The summed E-state index contributed by atoms with van der Waals surface area (Å²) in [5, 5.41) is 17.8. The molecule has 0 rings (SSSR count). The average molecular weight is 327 g/mol. The fourth-order valence-corrected chi connectivity index (χ4v) is 0. The Kier molecular flexibility index (Phi) is 19.0. The van der Waals surface area contributed by atoms with Crippen LogP contribution < -0.4 is 10.2 Å². The van der Waals surface area contributed by atoms with E-state index < -0.39 is 11.9 Å². The zero-order valence-corrected chi connectivity index (χ0v) is 8.56. The van der Waals surface area contributed by atoms with Crippen LogP contribution in [0.1, 0.15) is 13.8 Å². The molecule has 0 atom stereocenters. The predicted molar refractivity (Wildman–Crippen MR) is 27.1 cm³/mol. The molecule has 0 saturated heterocycles. The molecule has 9 heavy (non-hydrogen) atoms. The number of hydrogen-bond acceptors (Lipinski definition) is 4. The largest absolute Gasteiger partial charge is 0.550 e. The van der Waals surface area contributed by atoms with E-state index in [1.54, 1.807) is 0 Å². The maximum atomic E-state index is 8.89. The molecule has 0 unspecified atom stereocenters. The Hall–Kier alpha value is -0.177. The van der Waals surface area contributed by atoms with Crippen LogP contribution in [0.25, 0.3) is 0 Å². The summed E-state index contributed by atoms with van der Waals surface area (Å²) >= 11 is 0. The van der Waals surface area contributed by atoms with Crippen molar-refractivity contribution in [1.29, 1.82) is 0 Å². The van der Waals surface area contributed by atoms with Crippen molar-refractivity contribution in [2.45, 2.75) is 13.8 Å². The summed E-state index contributed by atoms with van der Waals surface area (Å²) in [6.45, 7) is 1.94. The van der Waals surface area contributed by atoms with Gasteiger partial charge in [0.2, 0.25) is 0 Å². The van der Waals surface area contributed by atoms with Crippen molar-refractivity contribution < 1.29 is 19.8 Å².